The zero-order chi connectivity index (χ0) is 12.1. The van der Waals surface area contributed by atoms with E-state index in [-0.39, 0.29) is 11.1 Å². The summed E-state index contributed by atoms with van der Waals surface area (Å²) in [4.78, 5) is 14.9. The van der Waals surface area contributed by atoms with Crippen LogP contribution in [-0.2, 0) is 4.74 Å². The predicted octanol–water partition coefficient (Wildman–Crippen LogP) is -0.745. The molecule has 6 heteroatoms. The molecule has 0 aromatic carbocycles. The number of aliphatic hydroxyl groups is 3. The van der Waals surface area contributed by atoms with Crippen molar-refractivity contribution in [1.29, 1.82) is 0 Å². The second-order valence-electron chi connectivity index (χ2n) is 3.19. The van der Waals surface area contributed by atoms with Crippen molar-refractivity contribution in [2.45, 2.75) is 12.2 Å². The Balaban J connectivity index is 2.94. The number of carbonyl (C=O) groups excluding carboxylic acids is 1. The maximum Gasteiger partial charge on any atom is 0.339 e. The van der Waals surface area contributed by atoms with Crippen LogP contribution in [0.15, 0.2) is 18.5 Å². The van der Waals surface area contributed by atoms with Gasteiger partial charge in [0.25, 0.3) is 0 Å². The lowest BCUT2D eigenvalue weighted by molar-refractivity contribution is -0.0154. The van der Waals surface area contributed by atoms with Crippen molar-refractivity contribution < 1.29 is 24.9 Å². The molecule has 0 saturated heterocycles. The Morgan fingerprint density at radius 2 is 2.19 bits per heavy atom. The highest BCUT2D eigenvalue weighted by Gasteiger charge is 2.19. The van der Waals surface area contributed by atoms with Gasteiger partial charge >= 0.3 is 5.97 Å². The summed E-state index contributed by atoms with van der Waals surface area (Å²) in [5.74, 6) is -0.583. The molecule has 0 aliphatic rings. The number of esters is 1. The van der Waals surface area contributed by atoms with E-state index in [2.05, 4.69) is 9.72 Å². The number of aromatic nitrogens is 1. The Bertz CT molecular complexity index is 368. The molecule has 1 aromatic heterocycles. The third-order valence-electron chi connectivity index (χ3n) is 2.07. The van der Waals surface area contributed by atoms with E-state index in [4.69, 9.17) is 5.11 Å². The Morgan fingerprint density at radius 3 is 2.75 bits per heavy atom. The van der Waals surface area contributed by atoms with Crippen LogP contribution < -0.4 is 0 Å². The first-order valence-corrected chi connectivity index (χ1v) is 4.60. The van der Waals surface area contributed by atoms with E-state index in [0.717, 1.165) is 0 Å². The van der Waals surface area contributed by atoms with Crippen molar-refractivity contribution in [3.05, 3.63) is 29.6 Å². The van der Waals surface area contributed by atoms with Crippen molar-refractivity contribution in [3.63, 3.8) is 0 Å². The third-order valence-corrected chi connectivity index (χ3v) is 2.07. The van der Waals surface area contributed by atoms with E-state index < -0.39 is 24.8 Å². The van der Waals surface area contributed by atoms with E-state index in [1.54, 1.807) is 0 Å². The maximum absolute atomic E-state index is 11.2. The number of ether oxygens (including phenoxy) is 1. The normalized spacial score (nSPS) is 14.2. The van der Waals surface area contributed by atoms with Crippen LogP contribution in [0, 0.1) is 0 Å². The quantitative estimate of drug-likeness (QED) is 0.585. The van der Waals surface area contributed by atoms with Crippen LogP contribution in [0.5, 0.6) is 0 Å². The van der Waals surface area contributed by atoms with Crippen molar-refractivity contribution >= 4 is 5.97 Å². The largest absolute Gasteiger partial charge is 0.465 e. The minimum Gasteiger partial charge on any atom is -0.465 e. The number of carbonyl (C=O) groups is 1. The zero-order valence-corrected chi connectivity index (χ0v) is 8.70. The lowest BCUT2D eigenvalue weighted by Gasteiger charge is -2.15. The fourth-order valence-corrected chi connectivity index (χ4v) is 1.17. The molecule has 0 saturated carbocycles. The van der Waals surface area contributed by atoms with Gasteiger partial charge in [0.1, 0.15) is 12.2 Å². The standard InChI is InChI=1S/C10H13NO5/c1-16-10(15)7-2-6(3-11-4-7)9(14)8(13)5-12/h2-4,8-9,12-14H,5H2,1H3. The fraction of sp³-hybridized carbons (Fsp3) is 0.400. The number of pyridine rings is 1. The molecule has 2 atom stereocenters. The molecule has 3 N–H and O–H groups in total. The number of nitrogens with zero attached hydrogens (tertiary/aromatic N) is 1. The van der Waals surface area contributed by atoms with Crippen LogP contribution in [0.1, 0.15) is 22.0 Å². The molecule has 0 fully saturated rings. The van der Waals surface area contributed by atoms with Crippen LogP contribution in [0.4, 0.5) is 0 Å². The highest BCUT2D eigenvalue weighted by Crippen LogP contribution is 2.17. The second-order valence-corrected chi connectivity index (χ2v) is 3.19. The SMILES string of the molecule is COC(=O)c1cncc(C(O)C(O)CO)c1. The van der Waals surface area contributed by atoms with Gasteiger partial charge in [0, 0.05) is 18.0 Å². The molecule has 0 aliphatic heterocycles. The molecule has 88 valence electrons. The lowest BCUT2D eigenvalue weighted by atomic mass is 10.1. The highest BCUT2D eigenvalue weighted by atomic mass is 16.5. The van der Waals surface area contributed by atoms with Gasteiger partial charge in [0.2, 0.25) is 0 Å². The van der Waals surface area contributed by atoms with E-state index in [1.807, 2.05) is 0 Å². The summed E-state index contributed by atoms with van der Waals surface area (Å²) < 4.78 is 4.49. The van der Waals surface area contributed by atoms with Gasteiger partial charge < -0.3 is 20.1 Å². The highest BCUT2D eigenvalue weighted by molar-refractivity contribution is 5.89. The Hall–Kier alpha value is -1.50. The summed E-state index contributed by atoms with van der Waals surface area (Å²) in [6.07, 6.45) is -0.0135. The topological polar surface area (TPSA) is 99.9 Å². The molecule has 1 rings (SSSR count). The van der Waals surface area contributed by atoms with E-state index >= 15 is 0 Å². The van der Waals surface area contributed by atoms with Crippen molar-refractivity contribution in [2.75, 3.05) is 13.7 Å². The number of aliphatic hydroxyl groups excluding tert-OH is 3. The first-order chi connectivity index (χ1) is 7.60. The monoisotopic (exact) mass is 227 g/mol. The molecule has 0 radical (unpaired) electrons. The molecule has 1 heterocycles. The van der Waals surface area contributed by atoms with Crippen LogP contribution in [0.25, 0.3) is 0 Å². The molecule has 0 bridgehead atoms. The molecule has 0 amide bonds. The van der Waals surface area contributed by atoms with Crippen LogP contribution in [0.2, 0.25) is 0 Å². The predicted molar refractivity (Wildman–Crippen MR) is 53.6 cm³/mol. The van der Waals surface area contributed by atoms with Crippen molar-refractivity contribution in [2.24, 2.45) is 0 Å². The van der Waals surface area contributed by atoms with Gasteiger partial charge in [-0.25, -0.2) is 4.79 Å². The Morgan fingerprint density at radius 1 is 1.50 bits per heavy atom. The fourth-order valence-electron chi connectivity index (χ4n) is 1.17. The smallest absolute Gasteiger partial charge is 0.339 e. The first-order valence-electron chi connectivity index (χ1n) is 4.60. The average molecular weight is 227 g/mol. The average Bonchev–Trinajstić information content (AvgIpc) is 2.36. The summed E-state index contributed by atoms with van der Waals surface area (Å²) >= 11 is 0. The zero-order valence-electron chi connectivity index (χ0n) is 8.70. The number of hydrogen-bond acceptors (Lipinski definition) is 6. The van der Waals surface area contributed by atoms with Crippen molar-refractivity contribution in [3.8, 4) is 0 Å². The third kappa shape index (κ3) is 2.75. The summed E-state index contributed by atoms with van der Waals surface area (Å²) in [5.41, 5.74) is 0.411. The van der Waals surface area contributed by atoms with E-state index in [0.29, 0.717) is 0 Å². The molecule has 2 unspecified atom stereocenters. The van der Waals surface area contributed by atoms with Crippen LogP contribution in [-0.4, -0.2) is 46.1 Å². The van der Waals surface area contributed by atoms with Gasteiger partial charge in [0.05, 0.1) is 19.3 Å². The molecule has 16 heavy (non-hydrogen) atoms. The summed E-state index contributed by atoms with van der Waals surface area (Å²) in [6, 6.07) is 1.35. The Labute approximate surface area is 92.1 Å². The Kier molecular flexibility index (Phi) is 4.36. The number of rotatable bonds is 4. The maximum atomic E-state index is 11.2. The van der Waals surface area contributed by atoms with E-state index in [1.165, 1.54) is 25.6 Å². The van der Waals surface area contributed by atoms with Crippen molar-refractivity contribution in [1.82, 2.24) is 4.98 Å². The van der Waals surface area contributed by atoms with Gasteiger partial charge in [-0.1, -0.05) is 0 Å². The molecule has 0 spiro atoms. The van der Waals surface area contributed by atoms with Gasteiger partial charge in [-0.2, -0.15) is 0 Å². The van der Waals surface area contributed by atoms with Gasteiger partial charge in [-0.3, -0.25) is 4.98 Å². The van der Waals surface area contributed by atoms with Crippen LogP contribution >= 0.6 is 0 Å². The summed E-state index contributed by atoms with van der Waals surface area (Å²) in [5, 5.41) is 27.5. The number of methoxy groups -OCH3 is 1. The second kappa shape index (κ2) is 5.55. The molecular weight excluding hydrogens is 214 g/mol. The van der Waals surface area contributed by atoms with Crippen LogP contribution in [0.3, 0.4) is 0 Å². The first kappa shape index (κ1) is 12.6. The van der Waals surface area contributed by atoms with Gasteiger partial charge in [0.15, 0.2) is 0 Å². The van der Waals surface area contributed by atoms with Gasteiger partial charge in [-0.15, -0.1) is 0 Å². The van der Waals surface area contributed by atoms with Gasteiger partial charge in [-0.05, 0) is 6.07 Å². The molecule has 1 aromatic rings. The number of hydrogen-bond donors (Lipinski definition) is 3. The summed E-state index contributed by atoms with van der Waals surface area (Å²) in [7, 11) is 1.23. The summed E-state index contributed by atoms with van der Waals surface area (Å²) in [6.45, 7) is -0.580. The lowest BCUT2D eigenvalue weighted by Crippen LogP contribution is -2.22. The van der Waals surface area contributed by atoms with E-state index in [9.17, 15) is 15.0 Å². The molecule has 0 aliphatic carbocycles. The minimum absolute atomic E-state index is 0.171. The molecular formula is C10H13NO5. The minimum atomic E-state index is -1.31. The molecule has 6 nitrogen and oxygen atoms in total.